The van der Waals surface area contributed by atoms with Crippen LogP contribution in [0.2, 0.25) is 0 Å². The lowest BCUT2D eigenvalue weighted by molar-refractivity contribution is 0.669. The van der Waals surface area contributed by atoms with Crippen molar-refractivity contribution < 1.29 is 4.42 Å². The topological polar surface area (TPSA) is 21.3 Å². The van der Waals surface area contributed by atoms with Gasteiger partial charge in [0.15, 0.2) is 0 Å². The molecule has 248 valence electrons. The van der Waals surface area contributed by atoms with E-state index in [1.807, 2.05) is 0 Å². The quantitative estimate of drug-likeness (QED) is 0.181. The van der Waals surface area contributed by atoms with E-state index in [0.29, 0.717) is 0 Å². The Morgan fingerprint density at radius 1 is 0.358 bits per heavy atom. The van der Waals surface area contributed by atoms with Crippen LogP contribution in [0.3, 0.4) is 0 Å². The van der Waals surface area contributed by atoms with Crippen LogP contribution in [-0.2, 0) is 0 Å². The largest absolute Gasteiger partial charge is 0.456 e. The molecule has 0 atom stereocenters. The molecule has 0 N–H and O–H groups in total. The van der Waals surface area contributed by atoms with Crippen LogP contribution in [0.1, 0.15) is 0 Å². The zero-order valence-corrected chi connectivity index (χ0v) is 28.8. The van der Waals surface area contributed by atoms with Crippen molar-refractivity contribution in [1.29, 1.82) is 0 Å². The van der Waals surface area contributed by atoms with Gasteiger partial charge in [-0.2, -0.15) is 0 Å². The van der Waals surface area contributed by atoms with E-state index in [2.05, 4.69) is 204 Å². The third-order valence-corrected chi connectivity index (χ3v) is 10.7. The maximum absolute atomic E-state index is 6.43. The van der Waals surface area contributed by atoms with E-state index in [1.165, 1.54) is 43.4 Å². The number of rotatable bonds is 5. The van der Waals surface area contributed by atoms with Crippen LogP contribution < -0.4 is 4.90 Å². The highest BCUT2D eigenvalue weighted by Crippen LogP contribution is 2.47. The molecule has 0 aliphatic rings. The normalized spacial score (nSPS) is 11.8. The summed E-state index contributed by atoms with van der Waals surface area (Å²) in [5.41, 5.74) is 10.8. The average molecular weight is 677 g/mol. The standard InChI is InChI=1S/C50H32N2O/c1-2-16-35-32-50-42(30-34(35)15-1)41-31-36(28-29-49(41)53-50)38-19-5-8-22-43(38)51(44-27-13-17-33-14-3-4-18-37(33)44)47-25-11-12-26-48(47)52-45-23-9-6-20-39(45)40-21-7-10-24-46(40)52/h1-32H. The summed E-state index contributed by atoms with van der Waals surface area (Å²) in [6.45, 7) is 0. The molecular formula is C50H32N2O. The van der Waals surface area contributed by atoms with Crippen LogP contribution in [0.4, 0.5) is 17.1 Å². The smallest absolute Gasteiger partial charge is 0.136 e. The number of furan rings is 1. The lowest BCUT2D eigenvalue weighted by Gasteiger charge is -2.31. The van der Waals surface area contributed by atoms with Crippen LogP contribution in [0.15, 0.2) is 199 Å². The van der Waals surface area contributed by atoms with Gasteiger partial charge < -0.3 is 13.9 Å². The van der Waals surface area contributed by atoms with E-state index in [9.17, 15) is 0 Å². The third-order valence-electron chi connectivity index (χ3n) is 10.7. The van der Waals surface area contributed by atoms with Crippen LogP contribution in [0, 0.1) is 0 Å². The molecule has 3 nitrogen and oxygen atoms in total. The number of nitrogens with zero attached hydrogens (tertiary/aromatic N) is 2. The molecule has 0 saturated carbocycles. The lowest BCUT2D eigenvalue weighted by Crippen LogP contribution is -2.14. The fourth-order valence-corrected chi connectivity index (χ4v) is 8.36. The van der Waals surface area contributed by atoms with Gasteiger partial charge in [0.1, 0.15) is 11.2 Å². The summed E-state index contributed by atoms with van der Waals surface area (Å²) in [4.78, 5) is 2.46. The Kier molecular flexibility index (Phi) is 6.55. The highest BCUT2D eigenvalue weighted by atomic mass is 16.3. The highest BCUT2D eigenvalue weighted by Gasteiger charge is 2.24. The minimum absolute atomic E-state index is 0.888. The zero-order valence-electron chi connectivity index (χ0n) is 28.8. The number of benzene rings is 9. The number of para-hydroxylation sites is 5. The van der Waals surface area contributed by atoms with Gasteiger partial charge >= 0.3 is 0 Å². The minimum Gasteiger partial charge on any atom is -0.456 e. The molecule has 3 heteroatoms. The molecule has 11 aromatic rings. The van der Waals surface area contributed by atoms with Crippen LogP contribution in [0.5, 0.6) is 0 Å². The molecule has 0 radical (unpaired) electrons. The Hall–Kier alpha value is -7.10. The second-order valence-corrected chi connectivity index (χ2v) is 13.7. The van der Waals surface area contributed by atoms with Gasteiger partial charge in [-0.1, -0.05) is 133 Å². The summed E-state index contributed by atoms with van der Waals surface area (Å²) < 4.78 is 8.86. The predicted octanol–water partition coefficient (Wildman–Crippen LogP) is 14.1. The van der Waals surface area contributed by atoms with E-state index in [1.54, 1.807) is 0 Å². The van der Waals surface area contributed by atoms with Crippen molar-refractivity contribution in [1.82, 2.24) is 4.57 Å². The molecule has 0 aliphatic carbocycles. The van der Waals surface area contributed by atoms with E-state index in [0.717, 1.165) is 55.8 Å². The molecule has 2 heterocycles. The molecule has 0 unspecified atom stereocenters. The van der Waals surface area contributed by atoms with Crippen molar-refractivity contribution in [2.45, 2.75) is 0 Å². The first kappa shape index (κ1) is 29.6. The first-order valence-electron chi connectivity index (χ1n) is 18.1. The molecule has 53 heavy (non-hydrogen) atoms. The molecule has 2 aromatic heterocycles. The van der Waals surface area contributed by atoms with Gasteiger partial charge in [-0.25, -0.2) is 0 Å². The molecule has 0 fully saturated rings. The molecule has 0 saturated heterocycles. The van der Waals surface area contributed by atoms with Crippen molar-refractivity contribution in [3.63, 3.8) is 0 Å². The van der Waals surface area contributed by atoms with E-state index in [-0.39, 0.29) is 0 Å². The van der Waals surface area contributed by atoms with Crippen molar-refractivity contribution in [3.05, 3.63) is 194 Å². The summed E-state index contributed by atoms with van der Waals surface area (Å²) in [6.07, 6.45) is 0. The summed E-state index contributed by atoms with van der Waals surface area (Å²) in [5.74, 6) is 0. The Balaban J connectivity index is 1.19. The first-order chi connectivity index (χ1) is 26.3. The second-order valence-electron chi connectivity index (χ2n) is 13.7. The van der Waals surface area contributed by atoms with Crippen molar-refractivity contribution >= 4 is 82.4 Å². The summed E-state index contributed by atoms with van der Waals surface area (Å²) >= 11 is 0. The number of hydrogen-bond donors (Lipinski definition) is 0. The monoisotopic (exact) mass is 676 g/mol. The summed E-state index contributed by atoms with van der Waals surface area (Å²) in [5, 5.41) is 9.48. The Labute approximate surface area is 306 Å². The summed E-state index contributed by atoms with van der Waals surface area (Å²) in [7, 11) is 0. The van der Waals surface area contributed by atoms with Crippen LogP contribution in [-0.4, -0.2) is 4.57 Å². The second kappa shape index (κ2) is 11.7. The molecule has 0 spiro atoms. The maximum atomic E-state index is 6.43. The molecule has 0 amide bonds. The predicted molar refractivity (Wildman–Crippen MR) is 223 cm³/mol. The van der Waals surface area contributed by atoms with Crippen molar-refractivity contribution in [3.8, 4) is 16.8 Å². The maximum Gasteiger partial charge on any atom is 0.136 e. The molecular weight excluding hydrogens is 645 g/mol. The van der Waals surface area contributed by atoms with E-state index in [4.69, 9.17) is 4.42 Å². The van der Waals surface area contributed by atoms with Gasteiger partial charge in [0, 0.05) is 32.5 Å². The van der Waals surface area contributed by atoms with Gasteiger partial charge in [-0.3, -0.25) is 0 Å². The lowest BCUT2D eigenvalue weighted by atomic mass is 9.98. The van der Waals surface area contributed by atoms with Gasteiger partial charge in [0.2, 0.25) is 0 Å². The van der Waals surface area contributed by atoms with E-state index < -0.39 is 0 Å². The first-order valence-corrected chi connectivity index (χ1v) is 18.1. The Bertz CT molecular complexity index is 3140. The highest BCUT2D eigenvalue weighted by molar-refractivity contribution is 6.12. The Morgan fingerprint density at radius 2 is 0.925 bits per heavy atom. The summed E-state index contributed by atoms with van der Waals surface area (Å²) in [6, 6.07) is 69.9. The number of anilines is 3. The van der Waals surface area contributed by atoms with E-state index >= 15 is 0 Å². The Morgan fingerprint density at radius 3 is 1.72 bits per heavy atom. The minimum atomic E-state index is 0.888. The van der Waals surface area contributed by atoms with Gasteiger partial charge in [0.25, 0.3) is 0 Å². The van der Waals surface area contributed by atoms with Gasteiger partial charge in [0.05, 0.1) is 33.8 Å². The van der Waals surface area contributed by atoms with Crippen molar-refractivity contribution in [2.24, 2.45) is 0 Å². The van der Waals surface area contributed by atoms with Gasteiger partial charge in [-0.05, 0) is 82.4 Å². The number of aromatic nitrogens is 1. The zero-order chi connectivity index (χ0) is 34.9. The third kappa shape index (κ3) is 4.61. The number of fused-ring (bicyclic) bond motifs is 8. The SMILES string of the molecule is c1ccc(N(c2ccccc2-n2c3ccccc3c3ccccc32)c2cccc3ccccc23)c(-c2ccc3oc4cc5ccccc5cc4c3c2)c1. The molecule has 11 rings (SSSR count). The van der Waals surface area contributed by atoms with Crippen molar-refractivity contribution in [2.75, 3.05) is 4.90 Å². The fourth-order valence-electron chi connectivity index (χ4n) is 8.36. The average Bonchev–Trinajstić information content (AvgIpc) is 3.75. The number of hydrogen-bond acceptors (Lipinski definition) is 2. The van der Waals surface area contributed by atoms with Crippen LogP contribution in [0.25, 0.3) is 82.1 Å². The molecule has 0 aliphatic heterocycles. The van der Waals surface area contributed by atoms with Gasteiger partial charge in [-0.15, -0.1) is 0 Å². The molecule has 9 aromatic carbocycles. The van der Waals surface area contributed by atoms with Crippen LogP contribution >= 0.6 is 0 Å². The molecule has 0 bridgehead atoms. The fraction of sp³-hybridized carbons (Fsp3) is 0.